The van der Waals surface area contributed by atoms with Gasteiger partial charge in [0.15, 0.2) is 0 Å². The van der Waals surface area contributed by atoms with Crippen molar-refractivity contribution in [3.05, 3.63) is 57.5 Å². The molecule has 0 spiro atoms. The smallest absolute Gasteiger partial charge is 0.287 e. The summed E-state index contributed by atoms with van der Waals surface area (Å²) in [6, 6.07) is 9.14. The summed E-state index contributed by atoms with van der Waals surface area (Å²) in [7, 11) is 0. The third kappa shape index (κ3) is 3.43. The van der Waals surface area contributed by atoms with Crippen LogP contribution in [0.25, 0.3) is 0 Å². The molecule has 1 fully saturated rings. The molecule has 0 radical (unpaired) electrons. The fourth-order valence-corrected chi connectivity index (χ4v) is 2.97. The Kier molecular flexibility index (Phi) is 4.85. The molecule has 2 aromatic rings. The van der Waals surface area contributed by atoms with E-state index in [1.54, 1.807) is 0 Å². The number of hydrogen-bond acceptors (Lipinski definition) is 4. The largest absolute Gasteiger partial charge is 0.371 e. The van der Waals surface area contributed by atoms with Crippen LogP contribution in [0, 0.1) is 5.92 Å². The highest BCUT2D eigenvalue weighted by atomic mass is 35.5. The molecule has 7 heteroatoms. The zero-order chi connectivity index (χ0) is 17.1. The SMILES string of the molecule is CC1CCNC(=O)C1Nc1cnn(Cc2ccccc2)c(=O)c1Cl. The van der Waals surface area contributed by atoms with Crippen molar-refractivity contribution in [3.8, 4) is 0 Å². The minimum absolute atomic E-state index is 0.0477. The van der Waals surface area contributed by atoms with Gasteiger partial charge in [0.25, 0.3) is 5.56 Å². The lowest BCUT2D eigenvalue weighted by Gasteiger charge is -2.29. The van der Waals surface area contributed by atoms with Gasteiger partial charge in [-0.3, -0.25) is 9.59 Å². The Morgan fingerprint density at radius 2 is 2.08 bits per heavy atom. The lowest BCUT2D eigenvalue weighted by molar-refractivity contribution is -0.124. The van der Waals surface area contributed by atoms with E-state index in [1.807, 2.05) is 37.3 Å². The predicted molar refractivity (Wildman–Crippen MR) is 93.3 cm³/mol. The van der Waals surface area contributed by atoms with E-state index >= 15 is 0 Å². The Balaban J connectivity index is 1.82. The van der Waals surface area contributed by atoms with Crippen LogP contribution in [0.2, 0.25) is 5.02 Å². The number of nitrogens with one attached hydrogen (secondary N) is 2. The Morgan fingerprint density at radius 3 is 2.79 bits per heavy atom. The van der Waals surface area contributed by atoms with Gasteiger partial charge in [-0.1, -0.05) is 48.9 Å². The highest BCUT2D eigenvalue weighted by molar-refractivity contribution is 6.33. The number of anilines is 1. The van der Waals surface area contributed by atoms with Gasteiger partial charge in [0, 0.05) is 6.54 Å². The van der Waals surface area contributed by atoms with Crippen LogP contribution in [0.15, 0.2) is 41.3 Å². The average Bonchev–Trinajstić information content (AvgIpc) is 2.58. The second kappa shape index (κ2) is 7.05. The number of rotatable bonds is 4. The normalized spacial score (nSPS) is 20.5. The predicted octanol–water partition coefficient (Wildman–Crippen LogP) is 1.88. The van der Waals surface area contributed by atoms with Crippen molar-refractivity contribution >= 4 is 23.2 Å². The number of amides is 1. The van der Waals surface area contributed by atoms with Crippen LogP contribution >= 0.6 is 11.6 Å². The molecule has 24 heavy (non-hydrogen) atoms. The van der Waals surface area contributed by atoms with E-state index in [0.717, 1.165) is 12.0 Å². The second-order valence-corrected chi connectivity index (χ2v) is 6.38. The standard InChI is InChI=1S/C17H19ClN4O2/c1-11-7-8-19-16(23)15(11)21-13-9-20-22(17(24)14(13)18)10-12-5-3-2-4-6-12/h2-6,9,11,15,21H,7-8,10H2,1H3,(H,19,23). The van der Waals surface area contributed by atoms with Crippen LogP contribution in [-0.4, -0.2) is 28.3 Å². The van der Waals surface area contributed by atoms with E-state index in [0.29, 0.717) is 18.8 Å². The quantitative estimate of drug-likeness (QED) is 0.886. The van der Waals surface area contributed by atoms with E-state index < -0.39 is 6.04 Å². The molecule has 0 bridgehead atoms. The van der Waals surface area contributed by atoms with Crippen LogP contribution in [0.1, 0.15) is 18.9 Å². The third-order valence-electron chi connectivity index (χ3n) is 4.22. The summed E-state index contributed by atoms with van der Waals surface area (Å²) >= 11 is 6.21. The maximum absolute atomic E-state index is 12.4. The summed E-state index contributed by atoms with van der Waals surface area (Å²) in [6.45, 7) is 3.01. The van der Waals surface area contributed by atoms with Gasteiger partial charge < -0.3 is 10.6 Å². The lowest BCUT2D eigenvalue weighted by atomic mass is 9.94. The maximum atomic E-state index is 12.4. The molecule has 1 amide bonds. The molecule has 1 aliphatic rings. The number of nitrogens with zero attached hydrogens (tertiary/aromatic N) is 2. The molecule has 2 atom stereocenters. The van der Waals surface area contributed by atoms with Gasteiger partial charge in [0.2, 0.25) is 5.91 Å². The molecule has 1 aromatic heterocycles. The van der Waals surface area contributed by atoms with E-state index in [1.165, 1.54) is 10.9 Å². The molecular formula is C17H19ClN4O2. The topological polar surface area (TPSA) is 76.0 Å². The maximum Gasteiger partial charge on any atom is 0.287 e. The first-order chi connectivity index (χ1) is 11.6. The molecule has 6 nitrogen and oxygen atoms in total. The van der Waals surface area contributed by atoms with Crippen LogP contribution in [0.4, 0.5) is 5.69 Å². The fraction of sp³-hybridized carbons (Fsp3) is 0.353. The van der Waals surface area contributed by atoms with Crippen molar-refractivity contribution in [2.24, 2.45) is 5.92 Å². The first-order valence-corrected chi connectivity index (χ1v) is 8.28. The van der Waals surface area contributed by atoms with Crippen molar-refractivity contribution in [3.63, 3.8) is 0 Å². The van der Waals surface area contributed by atoms with Gasteiger partial charge in [0.1, 0.15) is 11.1 Å². The van der Waals surface area contributed by atoms with Crippen molar-refractivity contribution in [1.82, 2.24) is 15.1 Å². The van der Waals surface area contributed by atoms with Crippen LogP contribution in [-0.2, 0) is 11.3 Å². The molecule has 0 saturated carbocycles. The summed E-state index contributed by atoms with van der Waals surface area (Å²) in [5.74, 6) is 0.0693. The van der Waals surface area contributed by atoms with E-state index in [-0.39, 0.29) is 22.4 Å². The Bertz CT molecular complexity index is 791. The van der Waals surface area contributed by atoms with Crippen molar-refractivity contribution in [2.45, 2.75) is 25.9 Å². The second-order valence-electron chi connectivity index (χ2n) is 6.00. The number of aromatic nitrogens is 2. The molecule has 2 unspecified atom stereocenters. The van der Waals surface area contributed by atoms with Crippen molar-refractivity contribution < 1.29 is 4.79 Å². The monoisotopic (exact) mass is 346 g/mol. The summed E-state index contributed by atoms with van der Waals surface area (Å²) in [4.78, 5) is 24.4. The summed E-state index contributed by atoms with van der Waals surface area (Å²) in [6.07, 6.45) is 2.38. The summed E-state index contributed by atoms with van der Waals surface area (Å²) in [5, 5.41) is 10.1. The molecule has 3 rings (SSSR count). The van der Waals surface area contributed by atoms with Crippen molar-refractivity contribution in [2.75, 3.05) is 11.9 Å². The molecule has 1 aliphatic heterocycles. The Hall–Kier alpha value is -2.34. The molecule has 1 saturated heterocycles. The third-order valence-corrected chi connectivity index (χ3v) is 4.59. The molecule has 2 N–H and O–H groups in total. The number of halogens is 1. The van der Waals surface area contributed by atoms with E-state index in [9.17, 15) is 9.59 Å². The van der Waals surface area contributed by atoms with E-state index in [4.69, 9.17) is 11.6 Å². The minimum Gasteiger partial charge on any atom is -0.371 e. The van der Waals surface area contributed by atoms with Gasteiger partial charge in [0.05, 0.1) is 18.4 Å². The first kappa shape index (κ1) is 16.5. The van der Waals surface area contributed by atoms with E-state index in [2.05, 4.69) is 15.7 Å². The Morgan fingerprint density at radius 1 is 1.33 bits per heavy atom. The Labute approximate surface area is 144 Å². The zero-order valence-electron chi connectivity index (χ0n) is 13.3. The number of carbonyl (C=O) groups excluding carboxylic acids is 1. The summed E-state index contributed by atoms with van der Waals surface area (Å²) < 4.78 is 1.31. The number of carbonyl (C=O) groups is 1. The van der Waals surface area contributed by atoms with Gasteiger partial charge in [-0.2, -0.15) is 5.10 Å². The zero-order valence-corrected chi connectivity index (χ0v) is 14.1. The molecule has 2 heterocycles. The highest BCUT2D eigenvalue weighted by Crippen LogP contribution is 2.22. The molecule has 1 aromatic carbocycles. The molecule has 126 valence electrons. The number of hydrogen-bond donors (Lipinski definition) is 2. The van der Waals surface area contributed by atoms with Gasteiger partial charge >= 0.3 is 0 Å². The van der Waals surface area contributed by atoms with Gasteiger partial charge in [-0.25, -0.2) is 4.68 Å². The van der Waals surface area contributed by atoms with Crippen LogP contribution in [0.5, 0.6) is 0 Å². The minimum atomic E-state index is -0.414. The first-order valence-electron chi connectivity index (χ1n) is 7.90. The number of piperidine rings is 1. The average molecular weight is 347 g/mol. The highest BCUT2D eigenvalue weighted by Gasteiger charge is 2.29. The van der Waals surface area contributed by atoms with Gasteiger partial charge in [-0.15, -0.1) is 0 Å². The van der Waals surface area contributed by atoms with Crippen LogP contribution < -0.4 is 16.2 Å². The lowest BCUT2D eigenvalue weighted by Crippen LogP contribution is -2.49. The molecule has 0 aliphatic carbocycles. The summed E-state index contributed by atoms with van der Waals surface area (Å²) in [5.41, 5.74) is 0.971. The van der Waals surface area contributed by atoms with Crippen LogP contribution in [0.3, 0.4) is 0 Å². The number of benzene rings is 1. The molecular weight excluding hydrogens is 328 g/mol. The fourth-order valence-electron chi connectivity index (χ4n) is 2.77. The van der Waals surface area contributed by atoms with Gasteiger partial charge in [-0.05, 0) is 17.9 Å². The van der Waals surface area contributed by atoms with Crippen molar-refractivity contribution in [1.29, 1.82) is 0 Å².